The molecule has 6 nitrogen and oxygen atoms in total. The number of rotatable bonds is 6. The standard InChI is InChI=1S/C27H26ClN3O3/c1-2-30-16-17-31(27(34)23-11-7-6-10-22(23)26(30)33)24(20-12-14-21(28)15-13-20)25(32)29-18-19-8-4-3-5-9-19/h3-15,24H,2,16-18H2,1H3,(H,29,32). The van der Waals surface area contributed by atoms with Crippen molar-refractivity contribution in [3.05, 3.63) is 106 Å². The fraction of sp³-hybridized carbons (Fsp3) is 0.222. The van der Waals surface area contributed by atoms with Crippen molar-refractivity contribution >= 4 is 29.3 Å². The van der Waals surface area contributed by atoms with Crippen LogP contribution in [0.15, 0.2) is 78.9 Å². The molecular formula is C27H26ClN3O3. The molecule has 1 aliphatic heterocycles. The van der Waals surface area contributed by atoms with Crippen LogP contribution >= 0.6 is 11.6 Å². The topological polar surface area (TPSA) is 69.7 Å². The molecule has 0 radical (unpaired) electrons. The van der Waals surface area contributed by atoms with Gasteiger partial charge in [0.2, 0.25) is 5.91 Å². The average molecular weight is 476 g/mol. The number of amides is 3. The predicted octanol–water partition coefficient (Wildman–Crippen LogP) is 4.32. The van der Waals surface area contributed by atoms with E-state index >= 15 is 0 Å². The molecule has 0 fully saturated rings. The molecule has 0 bridgehead atoms. The summed E-state index contributed by atoms with van der Waals surface area (Å²) in [4.78, 5) is 43.5. The molecule has 0 saturated heterocycles. The van der Waals surface area contributed by atoms with Gasteiger partial charge in [0.1, 0.15) is 6.04 Å². The minimum absolute atomic E-state index is 0.178. The second-order valence-electron chi connectivity index (χ2n) is 8.09. The van der Waals surface area contributed by atoms with E-state index in [1.54, 1.807) is 58.3 Å². The van der Waals surface area contributed by atoms with Gasteiger partial charge in [0, 0.05) is 31.2 Å². The van der Waals surface area contributed by atoms with Crippen LogP contribution in [0.5, 0.6) is 0 Å². The molecule has 7 heteroatoms. The molecule has 4 rings (SSSR count). The Labute approximate surface area is 204 Å². The highest BCUT2D eigenvalue weighted by molar-refractivity contribution is 6.30. The van der Waals surface area contributed by atoms with E-state index in [1.165, 1.54) is 0 Å². The maximum atomic E-state index is 13.7. The monoisotopic (exact) mass is 475 g/mol. The summed E-state index contributed by atoms with van der Waals surface area (Å²) in [5.41, 5.74) is 2.24. The van der Waals surface area contributed by atoms with Crippen molar-refractivity contribution in [1.29, 1.82) is 0 Å². The Morgan fingerprint density at radius 1 is 0.882 bits per heavy atom. The zero-order valence-corrected chi connectivity index (χ0v) is 19.7. The second kappa shape index (κ2) is 10.5. The smallest absolute Gasteiger partial charge is 0.255 e. The molecule has 3 aromatic rings. The van der Waals surface area contributed by atoms with E-state index < -0.39 is 6.04 Å². The highest BCUT2D eigenvalue weighted by atomic mass is 35.5. The highest BCUT2D eigenvalue weighted by Crippen LogP contribution is 2.28. The molecule has 1 aliphatic rings. The third kappa shape index (κ3) is 4.97. The maximum Gasteiger partial charge on any atom is 0.255 e. The Balaban J connectivity index is 1.73. The van der Waals surface area contributed by atoms with Crippen LogP contribution in [-0.2, 0) is 11.3 Å². The van der Waals surface area contributed by atoms with Crippen LogP contribution in [0, 0.1) is 0 Å². The molecular weight excluding hydrogens is 450 g/mol. The Morgan fingerprint density at radius 3 is 2.15 bits per heavy atom. The first kappa shape index (κ1) is 23.5. The lowest BCUT2D eigenvalue weighted by atomic mass is 9.99. The fourth-order valence-electron chi connectivity index (χ4n) is 4.16. The average Bonchev–Trinajstić information content (AvgIpc) is 2.87. The second-order valence-corrected chi connectivity index (χ2v) is 8.52. The lowest BCUT2D eigenvalue weighted by Crippen LogP contribution is -2.49. The van der Waals surface area contributed by atoms with E-state index in [1.807, 2.05) is 37.3 Å². The number of likely N-dealkylation sites (N-methyl/N-ethyl adjacent to an activating group) is 1. The van der Waals surface area contributed by atoms with Gasteiger partial charge >= 0.3 is 0 Å². The van der Waals surface area contributed by atoms with Gasteiger partial charge in [-0.15, -0.1) is 0 Å². The van der Waals surface area contributed by atoms with Gasteiger partial charge in [-0.05, 0) is 42.3 Å². The van der Waals surface area contributed by atoms with Crippen LogP contribution in [0.25, 0.3) is 0 Å². The SMILES string of the molecule is CCN1CCN(C(C(=O)NCc2ccccc2)c2ccc(Cl)cc2)C(=O)c2ccccc2C1=O. The van der Waals surface area contributed by atoms with Crippen molar-refractivity contribution in [3.8, 4) is 0 Å². The van der Waals surface area contributed by atoms with Crippen LogP contribution in [0.4, 0.5) is 0 Å². The van der Waals surface area contributed by atoms with E-state index in [0.717, 1.165) is 5.56 Å². The van der Waals surface area contributed by atoms with Crippen molar-refractivity contribution in [3.63, 3.8) is 0 Å². The summed E-state index contributed by atoms with van der Waals surface area (Å²) in [6.07, 6.45) is 0. The molecule has 0 aliphatic carbocycles. The van der Waals surface area contributed by atoms with Crippen LogP contribution < -0.4 is 5.32 Å². The van der Waals surface area contributed by atoms with Crippen LogP contribution in [0.2, 0.25) is 5.02 Å². The van der Waals surface area contributed by atoms with E-state index in [9.17, 15) is 14.4 Å². The van der Waals surface area contributed by atoms with Crippen molar-refractivity contribution in [2.24, 2.45) is 0 Å². The molecule has 0 saturated carbocycles. The summed E-state index contributed by atoms with van der Waals surface area (Å²) >= 11 is 6.09. The summed E-state index contributed by atoms with van der Waals surface area (Å²) in [5, 5.41) is 3.52. The van der Waals surface area contributed by atoms with Gasteiger partial charge in [0.05, 0.1) is 11.1 Å². The maximum absolute atomic E-state index is 13.7. The first-order chi connectivity index (χ1) is 16.5. The largest absolute Gasteiger partial charge is 0.350 e. The molecule has 174 valence electrons. The number of carbonyl (C=O) groups is 3. The quantitative estimate of drug-likeness (QED) is 0.577. The van der Waals surface area contributed by atoms with Gasteiger partial charge in [-0.2, -0.15) is 0 Å². The number of nitrogens with one attached hydrogen (secondary N) is 1. The molecule has 34 heavy (non-hydrogen) atoms. The van der Waals surface area contributed by atoms with Crippen molar-refractivity contribution in [1.82, 2.24) is 15.1 Å². The van der Waals surface area contributed by atoms with Crippen LogP contribution in [0.1, 0.15) is 44.8 Å². The molecule has 1 N–H and O–H groups in total. The van der Waals surface area contributed by atoms with E-state index in [2.05, 4.69) is 5.32 Å². The van der Waals surface area contributed by atoms with Crippen molar-refractivity contribution in [2.75, 3.05) is 19.6 Å². The summed E-state index contributed by atoms with van der Waals surface area (Å²) in [6, 6.07) is 22.4. The van der Waals surface area contributed by atoms with Crippen LogP contribution in [-0.4, -0.2) is 47.2 Å². The van der Waals surface area contributed by atoms with Gasteiger partial charge in [-0.25, -0.2) is 0 Å². The first-order valence-electron chi connectivity index (χ1n) is 11.3. The lowest BCUT2D eigenvalue weighted by molar-refractivity contribution is -0.126. The third-order valence-electron chi connectivity index (χ3n) is 5.98. The number of hydrogen-bond donors (Lipinski definition) is 1. The third-order valence-corrected chi connectivity index (χ3v) is 6.24. The van der Waals surface area contributed by atoms with Crippen LogP contribution in [0.3, 0.4) is 0 Å². The Kier molecular flexibility index (Phi) is 7.28. The molecule has 0 spiro atoms. The fourth-order valence-corrected chi connectivity index (χ4v) is 4.29. The van der Waals surface area contributed by atoms with Gasteiger partial charge in [0.25, 0.3) is 11.8 Å². The van der Waals surface area contributed by atoms with Gasteiger partial charge in [0.15, 0.2) is 0 Å². The van der Waals surface area contributed by atoms with E-state index in [-0.39, 0.29) is 24.3 Å². The number of nitrogens with zero attached hydrogens (tertiary/aromatic N) is 2. The number of fused-ring (bicyclic) bond motifs is 1. The lowest BCUT2D eigenvalue weighted by Gasteiger charge is -2.36. The van der Waals surface area contributed by atoms with Gasteiger partial charge in [-0.3, -0.25) is 14.4 Å². The van der Waals surface area contributed by atoms with Crippen molar-refractivity contribution in [2.45, 2.75) is 19.5 Å². The highest BCUT2D eigenvalue weighted by Gasteiger charge is 2.36. The number of carbonyl (C=O) groups excluding carboxylic acids is 3. The molecule has 1 heterocycles. The number of benzene rings is 3. The Hall–Kier alpha value is -3.64. The first-order valence-corrected chi connectivity index (χ1v) is 11.6. The van der Waals surface area contributed by atoms with Gasteiger partial charge in [-0.1, -0.05) is 66.2 Å². The molecule has 0 aromatic heterocycles. The zero-order chi connectivity index (χ0) is 24.1. The summed E-state index contributed by atoms with van der Waals surface area (Å²) in [6.45, 7) is 3.28. The number of hydrogen-bond acceptors (Lipinski definition) is 3. The normalized spacial score (nSPS) is 14.8. The van der Waals surface area contributed by atoms with Crippen molar-refractivity contribution < 1.29 is 14.4 Å². The molecule has 1 atom stereocenters. The predicted molar refractivity (Wildman–Crippen MR) is 132 cm³/mol. The summed E-state index contributed by atoms with van der Waals surface area (Å²) in [5.74, 6) is -0.829. The molecule has 3 amide bonds. The summed E-state index contributed by atoms with van der Waals surface area (Å²) in [7, 11) is 0. The Morgan fingerprint density at radius 2 is 1.50 bits per heavy atom. The zero-order valence-electron chi connectivity index (χ0n) is 18.9. The number of halogens is 1. The molecule has 1 unspecified atom stereocenters. The Bertz CT molecular complexity index is 1180. The van der Waals surface area contributed by atoms with Gasteiger partial charge < -0.3 is 15.1 Å². The summed E-state index contributed by atoms with van der Waals surface area (Å²) < 4.78 is 0. The minimum Gasteiger partial charge on any atom is -0.350 e. The molecule has 3 aromatic carbocycles. The minimum atomic E-state index is -0.881. The van der Waals surface area contributed by atoms with E-state index in [0.29, 0.717) is 41.3 Å². The van der Waals surface area contributed by atoms with E-state index in [4.69, 9.17) is 11.6 Å².